The molecule has 0 saturated carbocycles. The summed E-state index contributed by atoms with van der Waals surface area (Å²) in [6.45, 7) is 1.90. The standard InChI is InChI=1S/C15H14Cl2N2/c16-13-3-1-2-12(6-13)15(9-19-10-15)7-11-4-5-18-8-14(11)17/h1-6,8,19H,7,9-10H2. The summed E-state index contributed by atoms with van der Waals surface area (Å²) in [5.41, 5.74) is 2.50. The Balaban J connectivity index is 1.94. The van der Waals surface area contributed by atoms with Crippen LogP contribution in [0.1, 0.15) is 11.1 Å². The van der Waals surface area contributed by atoms with Crippen LogP contribution >= 0.6 is 23.2 Å². The first kappa shape index (κ1) is 12.9. The molecule has 1 aliphatic rings. The summed E-state index contributed by atoms with van der Waals surface area (Å²) in [6.07, 6.45) is 4.40. The Morgan fingerprint density at radius 2 is 2.05 bits per heavy atom. The summed E-state index contributed by atoms with van der Waals surface area (Å²) in [6, 6.07) is 10.1. The summed E-state index contributed by atoms with van der Waals surface area (Å²) >= 11 is 12.3. The van der Waals surface area contributed by atoms with Crippen molar-refractivity contribution in [2.45, 2.75) is 11.8 Å². The molecule has 19 heavy (non-hydrogen) atoms. The fourth-order valence-electron chi connectivity index (χ4n) is 2.59. The van der Waals surface area contributed by atoms with Crippen LogP contribution in [0, 0.1) is 0 Å². The Hall–Kier alpha value is -1.09. The first-order chi connectivity index (χ1) is 9.20. The molecule has 98 valence electrons. The van der Waals surface area contributed by atoms with E-state index in [1.54, 1.807) is 12.4 Å². The Morgan fingerprint density at radius 3 is 2.68 bits per heavy atom. The van der Waals surface area contributed by atoms with Gasteiger partial charge < -0.3 is 5.32 Å². The second-order valence-corrected chi connectivity index (χ2v) is 5.88. The summed E-state index contributed by atoms with van der Waals surface area (Å²) in [5.74, 6) is 0. The van der Waals surface area contributed by atoms with Gasteiger partial charge in [-0.1, -0.05) is 35.3 Å². The van der Waals surface area contributed by atoms with Gasteiger partial charge >= 0.3 is 0 Å². The fraction of sp³-hybridized carbons (Fsp3) is 0.267. The molecule has 0 bridgehead atoms. The summed E-state index contributed by atoms with van der Waals surface area (Å²) in [7, 11) is 0. The van der Waals surface area contributed by atoms with Crippen LogP contribution in [0.3, 0.4) is 0 Å². The van der Waals surface area contributed by atoms with Crippen LogP contribution in [0.5, 0.6) is 0 Å². The number of hydrogen-bond acceptors (Lipinski definition) is 2. The average Bonchev–Trinajstić information content (AvgIpc) is 2.36. The van der Waals surface area contributed by atoms with E-state index in [-0.39, 0.29) is 5.41 Å². The van der Waals surface area contributed by atoms with Gasteiger partial charge in [0.2, 0.25) is 0 Å². The van der Waals surface area contributed by atoms with Crippen molar-refractivity contribution in [3.63, 3.8) is 0 Å². The van der Waals surface area contributed by atoms with Gasteiger partial charge in [-0.25, -0.2) is 0 Å². The fourth-order valence-corrected chi connectivity index (χ4v) is 2.96. The van der Waals surface area contributed by atoms with E-state index in [1.165, 1.54) is 5.56 Å². The quantitative estimate of drug-likeness (QED) is 0.937. The molecular formula is C15H14Cl2N2. The third-order valence-corrected chi connectivity index (χ3v) is 4.32. The van der Waals surface area contributed by atoms with E-state index < -0.39 is 0 Å². The van der Waals surface area contributed by atoms with Crippen molar-refractivity contribution in [3.8, 4) is 0 Å². The third-order valence-electron chi connectivity index (χ3n) is 3.75. The predicted octanol–water partition coefficient (Wildman–Crippen LogP) is 3.47. The number of benzene rings is 1. The van der Waals surface area contributed by atoms with Gasteiger partial charge in [-0.3, -0.25) is 4.98 Å². The first-order valence-electron chi connectivity index (χ1n) is 6.25. The van der Waals surface area contributed by atoms with Crippen molar-refractivity contribution in [3.05, 3.63) is 63.9 Å². The smallest absolute Gasteiger partial charge is 0.0621 e. The number of aromatic nitrogens is 1. The Kier molecular flexibility index (Phi) is 3.48. The maximum atomic E-state index is 6.22. The number of halogens is 2. The monoisotopic (exact) mass is 292 g/mol. The highest BCUT2D eigenvalue weighted by atomic mass is 35.5. The van der Waals surface area contributed by atoms with Crippen LogP contribution in [-0.4, -0.2) is 18.1 Å². The van der Waals surface area contributed by atoms with Crippen LogP contribution in [0.25, 0.3) is 0 Å². The van der Waals surface area contributed by atoms with Crippen molar-refractivity contribution in [2.24, 2.45) is 0 Å². The lowest BCUT2D eigenvalue weighted by Crippen LogP contribution is -2.58. The minimum Gasteiger partial charge on any atom is -0.315 e. The lowest BCUT2D eigenvalue weighted by atomic mass is 9.71. The van der Waals surface area contributed by atoms with Gasteiger partial charge in [-0.05, 0) is 35.7 Å². The SMILES string of the molecule is Clc1cccc(C2(Cc3ccncc3Cl)CNC2)c1. The van der Waals surface area contributed by atoms with Crippen molar-refractivity contribution in [1.82, 2.24) is 10.3 Å². The maximum absolute atomic E-state index is 6.22. The second-order valence-electron chi connectivity index (χ2n) is 5.04. The highest BCUT2D eigenvalue weighted by Crippen LogP contribution is 2.35. The van der Waals surface area contributed by atoms with Gasteiger partial charge in [0.15, 0.2) is 0 Å². The third kappa shape index (κ3) is 2.48. The lowest BCUT2D eigenvalue weighted by Gasteiger charge is -2.43. The highest BCUT2D eigenvalue weighted by Gasteiger charge is 2.39. The van der Waals surface area contributed by atoms with Crippen LogP contribution in [0.15, 0.2) is 42.7 Å². The largest absolute Gasteiger partial charge is 0.315 e. The van der Waals surface area contributed by atoms with E-state index in [2.05, 4.69) is 22.4 Å². The molecule has 1 aromatic carbocycles. The molecule has 0 aliphatic carbocycles. The molecule has 2 aromatic rings. The highest BCUT2D eigenvalue weighted by molar-refractivity contribution is 6.31. The van der Waals surface area contributed by atoms with Gasteiger partial charge in [-0.15, -0.1) is 0 Å². The van der Waals surface area contributed by atoms with Crippen LogP contribution in [-0.2, 0) is 11.8 Å². The molecule has 1 fully saturated rings. The second kappa shape index (κ2) is 5.12. The molecule has 3 rings (SSSR count). The molecule has 1 saturated heterocycles. The predicted molar refractivity (Wildman–Crippen MR) is 79.0 cm³/mol. The van der Waals surface area contributed by atoms with E-state index in [1.807, 2.05) is 18.2 Å². The Morgan fingerprint density at radius 1 is 1.21 bits per heavy atom. The van der Waals surface area contributed by atoms with Crippen molar-refractivity contribution >= 4 is 23.2 Å². The van der Waals surface area contributed by atoms with Gasteiger partial charge in [0.25, 0.3) is 0 Å². The number of nitrogens with one attached hydrogen (secondary N) is 1. The van der Waals surface area contributed by atoms with Crippen molar-refractivity contribution in [2.75, 3.05) is 13.1 Å². The van der Waals surface area contributed by atoms with Gasteiger partial charge in [-0.2, -0.15) is 0 Å². The number of hydrogen-bond donors (Lipinski definition) is 1. The summed E-state index contributed by atoms with van der Waals surface area (Å²) < 4.78 is 0. The molecule has 0 amide bonds. The molecule has 0 spiro atoms. The van der Waals surface area contributed by atoms with Crippen LogP contribution in [0.2, 0.25) is 10.0 Å². The lowest BCUT2D eigenvalue weighted by molar-refractivity contribution is 0.275. The zero-order valence-corrected chi connectivity index (χ0v) is 11.9. The molecule has 0 unspecified atom stereocenters. The summed E-state index contributed by atoms with van der Waals surface area (Å²) in [4.78, 5) is 4.04. The topological polar surface area (TPSA) is 24.9 Å². The van der Waals surface area contributed by atoms with E-state index in [4.69, 9.17) is 23.2 Å². The minimum atomic E-state index is 0.0931. The van der Waals surface area contributed by atoms with E-state index in [0.717, 1.165) is 35.1 Å². The van der Waals surface area contributed by atoms with E-state index in [0.29, 0.717) is 0 Å². The zero-order valence-electron chi connectivity index (χ0n) is 10.4. The van der Waals surface area contributed by atoms with Crippen molar-refractivity contribution < 1.29 is 0 Å². The molecule has 0 atom stereocenters. The van der Waals surface area contributed by atoms with Gasteiger partial charge in [0.1, 0.15) is 0 Å². The molecule has 2 heterocycles. The molecular weight excluding hydrogens is 279 g/mol. The first-order valence-corrected chi connectivity index (χ1v) is 7.00. The zero-order chi connectivity index (χ0) is 13.3. The Labute approximate surface area is 122 Å². The molecule has 2 nitrogen and oxygen atoms in total. The van der Waals surface area contributed by atoms with E-state index >= 15 is 0 Å². The molecule has 1 aliphatic heterocycles. The normalized spacial score (nSPS) is 16.9. The maximum Gasteiger partial charge on any atom is 0.0621 e. The number of pyridine rings is 1. The number of nitrogens with zero attached hydrogens (tertiary/aromatic N) is 1. The van der Waals surface area contributed by atoms with Crippen molar-refractivity contribution in [1.29, 1.82) is 0 Å². The Bertz CT molecular complexity index is 594. The average molecular weight is 293 g/mol. The molecule has 1 N–H and O–H groups in total. The van der Waals surface area contributed by atoms with Crippen LogP contribution in [0.4, 0.5) is 0 Å². The van der Waals surface area contributed by atoms with E-state index in [9.17, 15) is 0 Å². The van der Waals surface area contributed by atoms with Gasteiger partial charge in [0, 0.05) is 35.9 Å². The molecule has 0 radical (unpaired) electrons. The van der Waals surface area contributed by atoms with Crippen LogP contribution < -0.4 is 5.32 Å². The number of rotatable bonds is 3. The minimum absolute atomic E-state index is 0.0931. The molecule has 4 heteroatoms. The molecule has 1 aromatic heterocycles. The van der Waals surface area contributed by atoms with Gasteiger partial charge in [0.05, 0.1) is 5.02 Å². The summed E-state index contributed by atoms with van der Waals surface area (Å²) in [5, 5.41) is 4.87.